The number of nitrogens with zero attached hydrogens (tertiary/aromatic N) is 1. The average Bonchev–Trinajstić information content (AvgIpc) is 3.30. The van der Waals surface area contributed by atoms with Crippen LogP contribution in [0.4, 0.5) is 0 Å². The number of Topliss-reactive ketones (excluding diaryl/α,β-unsaturated/α-hetero) is 1. The van der Waals surface area contributed by atoms with Crippen LogP contribution >= 0.6 is 23.1 Å². The maximum atomic E-state index is 12.7. The fourth-order valence-electron chi connectivity index (χ4n) is 3.29. The van der Waals surface area contributed by atoms with Crippen molar-refractivity contribution in [2.45, 2.75) is 18.5 Å². The first-order valence-electron chi connectivity index (χ1n) is 10.1. The van der Waals surface area contributed by atoms with E-state index in [1.54, 1.807) is 7.11 Å². The van der Waals surface area contributed by atoms with Gasteiger partial charge in [0.2, 0.25) is 5.91 Å². The normalized spacial score (nSPS) is 10.8. The van der Waals surface area contributed by atoms with E-state index < -0.39 is 0 Å². The van der Waals surface area contributed by atoms with Gasteiger partial charge in [0, 0.05) is 23.3 Å². The van der Waals surface area contributed by atoms with E-state index >= 15 is 0 Å². The Balaban J connectivity index is 1.57. The molecule has 0 radical (unpaired) electrons. The van der Waals surface area contributed by atoms with Gasteiger partial charge in [0.15, 0.2) is 5.78 Å². The van der Waals surface area contributed by atoms with Crippen LogP contribution in [0.2, 0.25) is 0 Å². The number of pyridine rings is 1. The molecule has 0 bridgehead atoms. The van der Waals surface area contributed by atoms with Crippen LogP contribution in [0.5, 0.6) is 5.75 Å². The monoisotopic (exact) mass is 462 g/mol. The van der Waals surface area contributed by atoms with Gasteiger partial charge in [0.1, 0.15) is 5.75 Å². The van der Waals surface area contributed by atoms with Gasteiger partial charge in [-0.05, 0) is 41.5 Å². The van der Waals surface area contributed by atoms with Crippen molar-refractivity contribution in [1.82, 2.24) is 10.3 Å². The number of ketones is 1. The predicted octanol–water partition coefficient (Wildman–Crippen LogP) is 5.58. The summed E-state index contributed by atoms with van der Waals surface area (Å²) >= 11 is 2.83. The van der Waals surface area contributed by atoms with E-state index in [4.69, 9.17) is 9.72 Å². The maximum Gasteiger partial charge on any atom is 0.217 e. The smallest absolute Gasteiger partial charge is 0.217 e. The summed E-state index contributed by atoms with van der Waals surface area (Å²) in [5.41, 5.74) is 3.00. The molecule has 0 aliphatic heterocycles. The van der Waals surface area contributed by atoms with Crippen molar-refractivity contribution in [2.75, 3.05) is 12.9 Å². The minimum atomic E-state index is -0.0879. The van der Waals surface area contributed by atoms with Crippen LogP contribution in [0.1, 0.15) is 21.5 Å². The van der Waals surface area contributed by atoms with Crippen LogP contribution in [-0.4, -0.2) is 29.5 Å². The lowest BCUT2D eigenvalue weighted by Crippen LogP contribution is -2.18. The second kappa shape index (κ2) is 9.97. The van der Waals surface area contributed by atoms with Gasteiger partial charge in [0.05, 0.1) is 34.8 Å². The Hall–Kier alpha value is -3.16. The van der Waals surface area contributed by atoms with Crippen LogP contribution in [0.25, 0.3) is 22.0 Å². The number of methoxy groups -OCH3 is 1. The van der Waals surface area contributed by atoms with Gasteiger partial charge >= 0.3 is 0 Å². The summed E-state index contributed by atoms with van der Waals surface area (Å²) in [4.78, 5) is 30.2. The topological polar surface area (TPSA) is 68.3 Å². The Labute approximate surface area is 194 Å². The Bertz CT molecular complexity index is 1270. The molecule has 0 unspecified atom stereocenters. The molecule has 0 saturated heterocycles. The highest BCUT2D eigenvalue weighted by Crippen LogP contribution is 2.33. The van der Waals surface area contributed by atoms with Crippen LogP contribution in [0, 0.1) is 0 Å². The summed E-state index contributed by atoms with van der Waals surface area (Å²) in [7, 11) is 1.64. The third-order valence-electron chi connectivity index (χ3n) is 4.88. The van der Waals surface area contributed by atoms with Crippen molar-refractivity contribution in [3.8, 4) is 16.9 Å². The van der Waals surface area contributed by atoms with E-state index in [9.17, 15) is 9.59 Å². The Kier molecular flexibility index (Phi) is 6.87. The van der Waals surface area contributed by atoms with E-state index in [-0.39, 0.29) is 17.4 Å². The maximum absolute atomic E-state index is 12.7. The fraction of sp³-hybridized carbons (Fsp3) is 0.160. The summed E-state index contributed by atoms with van der Waals surface area (Å²) < 4.78 is 5.37. The minimum Gasteiger partial charge on any atom is -0.497 e. The Morgan fingerprint density at radius 1 is 1.06 bits per heavy atom. The van der Waals surface area contributed by atoms with E-state index in [2.05, 4.69) is 17.4 Å². The molecule has 0 spiro atoms. The first-order valence-corrected chi connectivity index (χ1v) is 11.9. The van der Waals surface area contributed by atoms with Crippen molar-refractivity contribution in [3.63, 3.8) is 0 Å². The first-order chi connectivity index (χ1) is 15.5. The quantitative estimate of drug-likeness (QED) is 0.273. The van der Waals surface area contributed by atoms with Crippen LogP contribution in [-0.2, 0) is 11.3 Å². The number of nitrogens with one attached hydrogen (secondary N) is 1. The highest BCUT2D eigenvalue weighted by molar-refractivity contribution is 8.00. The molecule has 32 heavy (non-hydrogen) atoms. The predicted molar refractivity (Wildman–Crippen MR) is 131 cm³/mol. The van der Waals surface area contributed by atoms with Crippen molar-refractivity contribution >= 4 is 45.7 Å². The van der Waals surface area contributed by atoms with E-state index in [1.807, 2.05) is 54.6 Å². The molecule has 0 aliphatic rings. The Morgan fingerprint density at radius 3 is 2.62 bits per heavy atom. The Morgan fingerprint density at radius 2 is 1.88 bits per heavy atom. The van der Waals surface area contributed by atoms with Crippen molar-refractivity contribution in [3.05, 3.63) is 76.5 Å². The zero-order valence-corrected chi connectivity index (χ0v) is 19.4. The molecule has 0 saturated carbocycles. The number of ether oxygens (including phenoxy) is 1. The third kappa shape index (κ3) is 5.18. The molecular formula is C25H22N2O3S2. The van der Waals surface area contributed by atoms with Gasteiger partial charge < -0.3 is 10.1 Å². The summed E-state index contributed by atoms with van der Waals surface area (Å²) in [6.07, 6.45) is 0. The molecule has 5 nitrogen and oxygen atoms in total. The molecule has 1 N–H and O–H groups in total. The van der Waals surface area contributed by atoms with Crippen LogP contribution in [0.15, 0.2) is 71.8 Å². The van der Waals surface area contributed by atoms with Crippen molar-refractivity contribution in [1.29, 1.82) is 0 Å². The average molecular weight is 463 g/mol. The molecule has 1 amide bonds. The second-order valence-electron chi connectivity index (χ2n) is 7.14. The summed E-state index contributed by atoms with van der Waals surface area (Å²) in [5.74, 6) is 0.988. The number of benzene rings is 2. The summed E-state index contributed by atoms with van der Waals surface area (Å²) in [5, 5.41) is 4.58. The number of hydrogen-bond donors (Lipinski definition) is 1. The number of fused-ring (bicyclic) bond motifs is 1. The summed E-state index contributed by atoms with van der Waals surface area (Å²) in [6.45, 7) is 1.92. The molecule has 0 fully saturated rings. The fourth-order valence-corrected chi connectivity index (χ4v) is 5.06. The lowest BCUT2D eigenvalue weighted by atomic mass is 10.0. The number of thiophene rings is 1. The lowest BCUT2D eigenvalue weighted by Gasteiger charge is -2.11. The number of carbonyl (C=O) groups is 2. The number of rotatable bonds is 8. The molecular weight excluding hydrogens is 440 g/mol. The van der Waals surface area contributed by atoms with Gasteiger partial charge in [-0.2, -0.15) is 0 Å². The number of carbonyl (C=O) groups excluding carboxylic acids is 2. The molecule has 162 valence electrons. The molecule has 7 heteroatoms. The van der Waals surface area contributed by atoms with Gasteiger partial charge in [-0.3, -0.25) is 9.59 Å². The zero-order valence-electron chi connectivity index (χ0n) is 17.8. The lowest BCUT2D eigenvalue weighted by molar-refractivity contribution is -0.119. The summed E-state index contributed by atoms with van der Waals surface area (Å²) in [6, 6.07) is 21.8. The SMILES string of the molecule is COc1ccc2c(-c3ccccc3)cc(SCC(=O)c3ccc(CNC(C)=O)s3)nc2c1. The van der Waals surface area contributed by atoms with Crippen molar-refractivity contribution in [2.24, 2.45) is 0 Å². The first kappa shape index (κ1) is 22.0. The number of hydrogen-bond acceptors (Lipinski definition) is 6. The molecule has 4 rings (SSSR count). The number of aromatic nitrogens is 1. The van der Waals surface area contributed by atoms with E-state index in [1.165, 1.54) is 30.0 Å². The van der Waals surface area contributed by atoms with Gasteiger partial charge in [-0.1, -0.05) is 42.1 Å². The van der Waals surface area contributed by atoms with Gasteiger partial charge in [0.25, 0.3) is 0 Å². The van der Waals surface area contributed by atoms with Gasteiger partial charge in [-0.15, -0.1) is 11.3 Å². The van der Waals surface area contributed by atoms with E-state index in [0.717, 1.165) is 37.7 Å². The largest absolute Gasteiger partial charge is 0.497 e. The molecule has 2 heterocycles. The number of amides is 1. The van der Waals surface area contributed by atoms with Gasteiger partial charge in [-0.25, -0.2) is 4.98 Å². The standard InChI is InChI=1S/C25H22N2O3S2/c1-16(28)26-14-19-9-11-24(32-19)23(29)15-31-25-13-21(17-6-4-3-5-7-17)20-10-8-18(30-2)12-22(20)27-25/h3-13H,14-15H2,1-2H3,(H,26,28). The molecule has 4 aromatic rings. The van der Waals surface area contributed by atoms with Crippen LogP contribution < -0.4 is 10.1 Å². The molecule has 0 atom stereocenters. The molecule has 2 aromatic carbocycles. The number of thioether (sulfide) groups is 1. The minimum absolute atomic E-state index is 0.0443. The van der Waals surface area contributed by atoms with E-state index in [0.29, 0.717) is 11.4 Å². The second-order valence-corrected chi connectivity index (χ2v) is 9.31. The highest BCUT2D eigenvalue weighted by Gasteiger charge is 2.14. The highest BCUT2D eigenvalue weighted by atomic mass is 32.2. The molecule has 0 aliphatic carbocycles. The van der Waals surface area contributed by atoms with Crippen molar-refractivity contribution < 1.29 is 14.3 Å². The third-order valence-corrected chi connectivity index (χ3v) is 6.92. The molecule has 2 aromatic heterocycles. The zero-order chi connectivity index (χ0) is 22.5. The van der Waals surface area contributed by atoms with Crippen LogP contribution in [0.3, 0.4) is 0 Å².